The van der Waals surface area contributed by atoms with E-state index in [0.717, 1.165) is 0 Å². The van der Waals surface area contributed by atoms with Crippen molar-refractivity contribution in [3.05, 3.63) is 18.2 Å². The van der Waals surface area contributed by atoms with Crippen molar-refractivity contribution in [2.45, 2.75) is 17.9 Å². The van der Waals surface area contributed by atoms with E-state index >= 15 is 0 Å². The van der Waals surface area contributed by atoms with Crippen LogP contribution in [0.2, 0.25) is 0 Å². The average Bonchev–Trinajstić information content (AvgIpc) is 2.28. The number of hydrogen-bond donors (Lipinski definition) is 1. The van der Waals surface area contributed by atoms with Crippen LogP contribution in [0.15, 0.2) is 23.1 Å². The SMILES string of the molecule is COc1cc(N)ccc1S(=O)CC(C)OC. The first-order chi connectivity index (χ1) is 7.58. The number of nitrogens with two attached hydrogens (primary N) is 1. The van der Waals surface area contributed by atoms with Crippen molar-refractivity contribution in [1.82, 2.24) is 0 Å². The summed E-state index contributed by atoms with van der Waals surface area (Å²) in [5.41, 5.74) is 6.22. The van der Waals surface area contributed by atoms with E-state index in [9.17, 15) is 4.21 Å². The van der Waals surface area contributed by atoms with Crippen LogP contribution in [0.5, 0.6) is 5.75 Å². The van der Waals surface area contributed by atoms with E-state index < -0.39 is 10.8 Å². The summed E-state index contributed by atoms with van der Waals surface area (Å²) in [6.07, 6.45) is -0.0527. The molecule has 0 aromatic heterocycles. The topological polar surface area (TPSA) is 61.5 Å². The van der Waals surface area contributed by atoms with E-state index in [4.69, 9.17) is 15.2 Å². The number of ether oxygens (including phenoxy) is 2. The molecule has 5 heteroatoms. The Balaban J connectivity index is 2.90. The van der Waals surface area contributed by atoms with Crippen molar-refractivity contribution in [1.29, 1.82) is 0 Å². The van der Waals surface area contributed by atoms with E-state index in [-0.39, 0.29) is 6.10 Å². The molecule has 1 aromatic carbocycles. The molecule has 0 amide bonds. The van der Waals surface area contributed by atoms with E-state index in [1.807, 2.05) is 6.92 Å². The van der Waals surface area contributed by atoms with Crippen molar-refractivity contribution >= 4 is 16.5 Å². The third kappa shape index (κ3) is 3.21. The minimum Gasteiger partial charge on any atom is -0.495 e. The van der Waals surface area contributed by atoms with Crippen LogP contribution in [0.4, 0.5) is 5.69 Å². The van der Waals surface area contributed by atoms with Crippen molar-refractivity contribution < 1.29 is 13.7 Å². The second-order valence-electron chi connectivity index (χ2n) is 3.47. The molecule has 0 heterocycles. The molecule has 0 bridgehead atoms. The largest absolute Gasteiger partial charge is 0.495 e. The zero-order valence-electron chi connectivity index (χ0n) is 9.73. The quantitative estimate of drug-likeness (QED) is 0.794. The normalized spacial score (nSPS) is 14.4. The molecule has 4 nitrogen and oxygen atoms in total. The molecule has 0 radical (unpaired) electrons. The number of anilines is 1. The Kier molecular flexibility index (Phi) is 4.76. The molecule has 2 atom stereocenters. The second kappa shape index (κ2) is 5.86. The summed E-state index contributed by atoms with van der Waals surface area (Å²) < 4.78 is 22.2. The number of methoxy groups -OCH3 is 2. The van der Waals surface area contributed by atoms with E-state index in [2.05, 4.69) is 0 Å². The Morgan fingerprint density at radius 3 is 2.69 bits per heavy atom. The number of hydrogen-bond acceptors (Lipinski definition) is 4. The van der Waals surface area contributed by atoms with Gasteiger partial charge >= 0.3 is 0 Å². The molecule has 90 valence electrons. The summed E-state index contributed by atoms with van der Waals surface area (Å²) >= 11 is 0. The van der Waals surface area contributed by atoms with Crippen molar-refractivity contribution in [3.63, 3.8) is 0 Å². The lowest BCUT2D eigenvalue weighted by Crippen LogP contribution is -2.15. The molecule has 0 spiro atoms. The monoisotopic (exact) mass is 243 g/mol. The summed E-state index contributed by atoms with van der Waals surface area (Å²) in [5.74, 6) is 0.998. The van der Waals surface area contributed by atoms with Crippen LogP contribution in [0.3, 0.4) is 0 Å². The Morgan fingerprint density at radius 2 is 2.12 bits per heavy atom. The van der Waals surface area contributed by atoms with Crippen LogP contribution in [0, 0.1) is 0 Å². The first kappa shape index (κ1) is 13.0. The van der Waals surface area contributed by atoms with E-state index in [1.54, 1.807) is 25.3 Å². The zero-order valence-corrected chi connectivity index (χ0v) is 10.5. The van der Waals surface area contributed by atoms with Gasteiger partial charge in [-0.3, -0.25) is 4.21 Å². The van der Waals surface area contributed by atoms with Crippen molar-refractivity contribution in [2.24, 2.45) is 0 Å². The summed E-state index contributed by atoms with van der Waals surface area (Å²) in [4.78, 5) is 0.653. The molecule has 0 aliphatic heterocycles. The van der Waals surface area contributed by atoms with Gasteiger partial charge in [-0.05, 0) is 19.1 Å². The van der Waals surface area contributed by atoms with Gasteiger partial charge in [-0.2, -0.15) is 0 Å². The molecule has 2 N–H and O–H groups in total. The Bertz CT molecular complexity index is 381. The highest BCUT2D eigenvalue weighted by Crippen LogP contribution is 2.25. The van der Waals surface area contributed by atoms with Crippen LogP contribution < -0.4 is 10.5 Å². The lowest BCUT2D eigenvalue weighted by Gasteiger charge is -2.12. The standard InChI is InChI=1S/C11H17NO3S/c1-8(14-2)7-16(13)11-5-4-9(12)6-10(11)15-3/h4-6,8H,7,12H2,1-3H3. The summed E-state index contributed by atoms with van der Waals surface area (Å²) in [6.45, 7) is 1.88. The maximum atomic E-state index is 12.0. The van der Waals surface area contributed by atoms with Crippen LogP contribution in [0.1, 0.15) is 6.92 Å². The average molecular weight is 243 g/mol. The third-order valence-corrected chi connectivity index (χ3v) is 3.82. The Hall–Kier alpha value is -1.07. The van der Waals surface area contributed by atoms with E-state index in [1.165, 1.54) is 7.11 Å². The number of nitrogen functional groups attached to an aromatic ring is 1. The third-order valence-electron chi connectivity index (χ3n) is 2.22. The molecule has 16 heavy (non-hydrogen) atoms. The van der Waals surface area contributed by atoms with Gasteiger partial charge in [-0.1, -0.05) is 0 Å². The molecule has 1 rings (SSSR count). The minimum atomic E-state index is -1.14. The van der Waals surface area contributed by atoms with Gasteiger partial charge in [-0.25, -0.2) is 0 Å². The zero-order chi connectivity index (χ0) is 12.1. The first-order valence-electron chi connectivity index (χ1n) is 4.93. The molecule has 1 aromatic rings. The van der Waals surface area contributed by atoms with Crippen LogP contribution in [-0.2, 0) is 15.5 Å². The Labute approximate surface area is 98.2 Å². The maximum Gasteiger partial charge on any atom is 0.137 e. The molecule has 0 aliphatic rings. The maximum absolute atomic E-state index is 12.0. The first-order valence-corrected chi connectivity index (χ1v) is 6.25. The summed E-state index contributed by atoms with van der Waals surface area (Å²) in [6, 6.07) is 5.12. The molecule has 0 fully saturated rings. The molecule has 0 saturated heterocycles. The van der Waals surface area contributed by atoms with Gasteiger partial charge in [0.25, 0.3) is 0 Å². The van der Waals surface area contributed by atoms with Crippen molar-refractivity contribution in [3.8, 4) is 5.75 Å². The lowest BCUT2D eigenvalue weighted by molar-refractivity contribution is 0.137. The van der Waals surface area contributed by atoms with E-state index in [0.29, 0.717) is 22.1 Å². The van der Waals surface area contributed by atoms with Crippen LogP contribution in [-0.4, -0.2) is 30.3 Å². The van der Waals surface area contributed by atoms with Gasteiger partial charge in [0, 0.05) is 18.9 Å². The molecule has 0 saturated carbocycles. The summed E-state index contributed by atoms with van der Waals surface area (Å²) in [7, 11) is 2.00. The van der Waals surface area contributed by atoms with Gasteiger partial charge < -0.3 is 15.2 Å². The van der Waals surface area contributed by atoms with Gasteiger partial charge in [0.2, 0.25) is 0 Å². The van der Waals surface area contributed by atoms with Gasteiger partial charge in [0.1, 0.15) is 5.75 Å². The fourth-order valence-electron chi connectivity index (χ4n) is 1.24. The highest BCUT2D eigenvalue weighted by Gasteiger charge is 2.13. The van der Waals surface area contributed by atoms with Crippen LogP contribution >= 0.6 is 0 Å². The smallest absolute Gasteiger partial charge is 0.137 e. The molecule has 0 aliphatic carbocycles. The highest BCUT2D eigenvalue weighted by molar-refractivity contribution is 7.85. The second-order valence-corrected chi connectivity index (χ2v) is 4.93. The fourth-order valence-corrected chi connectivity index (χ4v) is 2.57. The number of benzene rings is 1. The molecule has 2 unspecified atom stereocenters. The fraction of sp³-hybridized carbons (Fsp3) is 0.455. The minimum absolute atomic E-state index is 0.0527. The number of rotatable bonds is 5. The predicted molar refractivity (Wildman–Crippen MR) is 65.2 cm³/mol. The molecular weight excluding hydrogens is 226 g/mol. The highest BCUT2D eigenvalue weighted by atomic mass is 32.2. The van der Waals surface area contributed by atoms with Crippen molar-refractivity contribution in [2.75, 3.05) is 25.7 Å². The van der Waals surface area contributed by atoms with Gasteiger partial charge in [0.15, 0.2) is 0 Å². The Morgan fingerprint density at radius 1 is 1.44 bits per heavy atom. The van der Waals surface area contributed by atoms with Gasteiger partial charge in [0.05, 0.1) is 34.7 Å². The molecular formula is C11H17NO3S. The summed E-state index contributed by atoms with van der Waals surface area (Å²) in [5, 5.41) is 0. The predicted octanol–water partition coefficient (Wildman–Crippen LogP) is 1.42. The lowest BCUT2D eigenvalue weighted by atomic mass is 10.3. The van der Waals surface area contributed by atoms with Gasteiger partial charge in [-0.15, -0.1) is 0 Å². The van der Waals surface area contributed by atoms with Crippen LogP contribution in [0.25, 0.3) is 0 Å².